The van der Waals surface area contributed by atoms with Crippen molar-refractivity contribution >= 4 is 11.6 Å². The van der Waals surface area contributed by atoms with Gasteiger partial charge in [0.2, 0.25) is 0 Å². The van der Waals surface area contributed by atoms with E-state index >= 15 is 0 Å². The van der Waals surface area contributed by atoms with Crippen LogP contribution < -0.4 is 5.32 Å². The Morgan fingerprint density at radius 2 is 2.05 bits per heavy atom. The van der Waals surface area contributed by atoms with Gasteiger partial charge in [0, 0.05) is 37.8 Å². The number of phenols is 1. The molecule has 0 radical (unpaired) electrons. The second-order valence-electron chi connectivity index (χ2n) is 5.29. The molecule has 0 amide bonds. The van der Waals surface area contributed by atoms with Gasteiger partial charge in [-0.2, -0.15) is 0 Å². The summed E-state index contributed by atoms with van der Waals surface area (Å²) in [5.41, 5.74) is 0.962. The van der Waals surface area contributed by atoms with E-state index in [2.05, 4.69) is 24.1 Å². The molecule has 2 rings (SSSR count). The Bertz CT molecular complexity index is 419. The van der Waals surface area contributed by atoms with Gasteiger partial charge in [-0.25, -0.2) is 0 Å². The van der Waals surface area contributed by atoms with Gasteiger partial charge in [0.1, 0.15) is 5.75 Å². The van der Waals surface area contributed by atoms with Gasteiger partial charge in [-0.3, -0.25) is 4.90 Å². The molecule has 1 heterocycles. The molecule has 0 aromatic heterocycles. The zero-order valence-corrected chi connectivity index (χ0v) is 12.5. The van der Waals surface area contributed by atoms with Crippen LogP contribution in [0.1, 0.15) is 31.9 Å². The Morgan fingerprint density at radius 3 is 2.68 bits per heavy atom. The lowest BCUT2D eigenvalue weighted by Crippen LogP contribution is -2.46. The largest absolute Gasteiger partial charge is 0.506 e. The molecule has 0 spiro atoms. The Labute approximate surface area is 120 Å². The maximum atomic E-state index is 10.3. The Morgan fingerprint density at radius 1 is 1.37 bits per heavy atom. The number of para-hydroxylation sites is 1. The van der Waals surface area contributed by atoms with Crippen molar-refractivity contribution in [3.63, 3.8) is 0 Å². The van der Waals surface area contributed by atoms with Crippen LogP contribution in [-0.4, -0.2) is 36.2 Å². The summed E-state index contributed by atoms with van der Waals surface area (Å²) in [6, 6.07) is 5.91. The molecule has 2 atom stereocenters. The van der Waals surface area contributed by atoms with E-state index in [1.807, 2.05) is 12.1 Å². The minimum absolute atomic E-state index is 0.241. The second kappa shape index (κ2) is 6.60. The SMILES string of the molecule is CCC(C)[C@@H](c1cccc(Cl)c1O)N1CCNCC1. The summed E-state index contributed by atoms with van der Waals surface area (Å²) in [4.78, 5) is 2.45. The van der Waals surface area contributed by atoms with Crippen LogP contribution in [0.2, 0.25) is 5.02 Å². The van der Waals surface area contributed by atoms with Crippen LogP contribution in [0.15, 0.2) is 18.2 Å². The van der Waals surface area contributed by atoms with Crippen molar-refractivity contribution in [3.8, 4) is 5.75 Å². The quantitative estimate of drug-likeness (QED) is 0.891. The van der Waals surface area contributed by atoms with Crippen LogP contribution in [0.4, 0.5) is 0 Å². The van der Waals surface area contributed by atoms with Gasteiger partial charge in [-0.15, -0.1) is 0 Å². The molecule has 2 N–H and O–H groups in total. The molecule has 1 aromatic carbocycles. The molecule has 106 valence electrons. The molecule has 1 unspecified atom stereocenters. The number of piperazine rings is 1. The summed E-state index contributed by atoms with van der Waals surface area (Å²) in [5, 5.41) is 14.1. The fourth-order valence-electron chi connectivity index (χ4n) is 2.82. The number of rotatable bonds is 4. The summed E-state index contributed by atoms with van der Waals surface area (Å²) >= 11 is 6.06. The number of aromatic hydroxyl groups is 1. The summed E-state index contributed by atoms with van der Waals surface area (Å²) in [6.07, 6.45) is 1.08. The number of halogens is 1. The van der Waals surface area contributed by atoms with Crippen LogP contribution >= 0.6 is 11.6 Å². The topological polar surface area (TPSA) is 35.5 Å². The van der Waals surface area contributed by atoms with Gasteiger partial charge in [0.15, 0.2) is 0 Å². The highest BCUT2D eigenvalue weighted by atomic mass is 35.5. The maximum absolute atomic E-state index is 10.3. The minimum atomic E-state index is 0.241. The number of hydrogen-bond acceptors (Lipinski definition) is 3. The Kier molecular flexibility index (Phi) is 5.08. The van der Waals surface area contributed by atoms with Crippen LogP contribution in [0.25, 0.3) is 0 Å². The van der Waals surface area contributed by atoms with Crippen LogP contribution in [-0.2, 0) is 0 Å². The van der Waals surface area contributed by atoms with Gasteiger partial charge in [-0.1, -0.05) is 44.0 Å². The summed E-state index contributed by atoms with van der Waals surface area (Å²) in [6.45, 7) is 8.49. The third kappa shape index (κ3) is 3.22. The second-order valence-corrected chi connectivity index (χ2v) is 5.70. The number of nitrogens with one attached hydrogen (secondary N) is 1. The first-order chi connectivity index (χ1) is 9.15. The predicted molar refractivity (Wildman–Crippen MR) is 79.8 cm³/mol. The Hall–Kier alpha value is -0.770. The lowest BCUT2D eigenvalue weighted by Gasteiger charge is -2.38. The average Bonchev–Trinajstić information content (AvgIpc) is 2.44. The normalized spacial score (nSPS) is 20.2. The molecule has 1 aliphatic rings. The molecule has 1 aliphatic heterocycles. The molecule has 0 aliphatic carbocycles. The molecular weight excluding hydrogens is 260 g/mol. The van der Waals surface area contributed by atoms with Crippen molar-refractivity contribution in [2.24, 2.45) is 5.92 Å². The lowest BCUT2D eigenvalue weighted by atomic mass is 9.90. The monoisotopic (exact) mass is 282 g/mol. The first-order valence-electron chi connectivity index (χ1n) is 7.07. The number of nitrogens with zero attached hydrogens (tertiary/aromatic N) is 1. The third-order valence-electron chi connectivity index (χ3n) is 4.06. The zero-order valence-electron chi connectivity index (χ0n) is 11.7. The number of benzene rings is 1. The van der Waals surface area contributed by atoms with E-state index < -0.39 is 0 Å². The highest BCUT2D eigenvalue weighted by Crippen LogP contribution is 2.39. The Balaban J connectivity index is 2.33. The third-order valence-corrected chi connectivity index (χ3v) is 4.37. The number of hydrogen-bond donors (Lipinski definition) is 2. The fraction of sp³-hybridized carbons (Fsp3) is 0.600. The van der Waals surface area contributed by atoms with E-state index in [1.54, 1.807) is 6.07 Å². The van der Waals surface area contributed by atoms with E-state index in [-0.39, 0.29) is 11.8 Å². The summed E-state index contributed by atoms with van der Waals surface area (Å²) < 4.78 is 0. The molecule has 19 heavy (non-hydrogen) atoms. The van der Waals surface area contributed by atoms with Crippen molar-refractivity contribution in [3.05, 3.63) is 28.8 Å². The van der Waals surface area contributed by atoms with Crippen LogP contribution in [0, 0.1) is 5.92 Å². The summed E-state index contributed by atoms with van der Waals surface area (Å²) in [5.74, 6) is 0.732. The highest BCUT2D eigenvalue weighted by molar-refractivity contribution is 6.32. The molecule has 1 fully saturated rings. The lowest BCUT2D eigenvalue weighted by molar-refractivity contribution is 0.126. The van der Waals surface area contributed by atoms with Crippen LogP contribution in [0.5, 0.6) is 5.75 Å². The zero-order chi connectivity index (χ0) is 13.8. The van der Waals surface area contributed by atoms with Crippen molar-refractivity contribution in [2.45, 2.75) is 26.3 Å². The molecule has 0 saturated carbocycles. The first-order valence-corrected chi connectivity index (χ1v) is 7.45. The molecule has 3 nitrogen and oxygen atoms in total. The van der Waals surface area contributed by atoms with Gasteiger partial charge >= 0.3 is 0 Å². The van der Waals surface area contributed by atoms with Crippen molar-refractivity contribution < 1.29 is 5.11 Å². The molecule has 1 saturated heterocycles. The van der Waals surface area contributed by atoms with Gasteiger partial charge in [0.05, 0.1) is 5.02 Å². The molecule has 1 aromatic rings. The molecule has 4 heteroatoms. The van der Waals surface area contributed by atoms with E-state index in [0.717, 1.165) is 38.2 Å². The van der Waals surface area contributed by atoms with E-state index in [4.69, 9.17) is 11.6 Å². The minimum Gasteiger partial charge on any atom is -0.506 e. The smallest absolute Gasteiger partial charge is 0.138 e. The maximum Gasteiger partial charge on any atom is 0.138 e. The van der Waals surface area contributed by atoms with E-state index in [0.29, 0.717) is 10.9 Å². The molecular formula is C15H23ClN2O. The van der Waals surface area contributed by atoms with Crippen molar-refractivity contribution in [1.29, 1.82) is 0 Å². The first kappa shape index (κ1) is 14.6. The van der Waals surface area contributed by atoms with Crippen molar-refractivity contribution in [1.82, 2.24) is 10.2 Å². The summed E-state index contributed by atoms with van der Waals surface area (Å²) in [7, 11) is 0. The fourth-order valence-corrected chi connectivity index (χ4v) is 3.00. The van der Waals surface area contributed by atoms with Crippen molar-refractivity contribution in [2.75, 3.05) is 26.2 Å². The molecule has 0 bridgehead atoms. The highest BCUT2D eigenvalue weighted by Gasteiger charge is 2.28. The van der Waals surface area contributed by atoms with Gasteiger partial charge in [0.25, 0.3) is 0 Å². The predicted octanol–water partition coefficient (Wildman–Crippen LogP) is 3.04. The van der Waals surface area contributed by atoms with Gasteiger partial charge in [-0.05, 0) is 12.0 Å². The van der Waals surface area contributed by atoms with E-state index in [9.17, 15) is 5.11 Å². The number of phenolic OH excluding ortho intramolecular Hbond substituents is 1. The van der Waals surface area contributed by atoms with E-state index in [1.165, 1.54) is 0 Å². The van der Waals surface area contributed by atoms with Gasteiger partial charge < -0.3 is 10.4 Å². The van der Waals surface area contributed by atoms with Crippen LogP contribution in [0.3, 0.4) is 0 Å². The standard InChI is InChI=1S/C15H23ClN2O/c1-3-11(2)14(18-9-7-17-8-10-18)12-5-4-6-13(16)15(12)19/h4-6,11,14,17,19H,3,7-10H2,1-2H3/t11?,14-/m0/s1. The average molecular weight is 283 g/mol.